The normalized spacial score (nSPS) is 20.5. The number of nitrogens with one attached hydrogen (secondary N) is 3. The van der Waals surface area contributed by atoms with Crippen molar-refractivity contribution < 1.29 is 29.0 Å². The van der Waals surface area contributed by atoms with E-state index in [4.69, 9.17) is 10.5 Å². The first kappa shape index (κ1) is 23.5. The third-order valence-corrected chi connectivity index (χ3v) is 5.79. The van der Waals surface area contributed by atoms with Crippen LogP contribution >= 0.6 is 0 Å². The van der Waals surface area contributed by atoms with Crippen LogP contribution in [0.3, 0.4) is 0 Å². The molecule has 32 heavy (non-hydrogen) atoms. The highest BCUT2D eigenvalue weighted by Gasteiger charge is 2.36. The third kappa shape index (κ3) is 6.94. The Balaban J connectivity index is 1.61. The molecule has 1 heterocycles. The summed E-state index contributed by atoms with van der Waals surface area (Å²) in [5, 5.41) is 18.1. The number of alkyl carbamates (subject to hydrolysis) is 1. The van der Waals surface area contributed by atoms with E-state index in [1.807, 2.05) is 30.3 Å². The molecule has 2 aliphatic rings. The molecule has 1 saturated carbocycles. The van der Waals surface area contributed by atoms with Crippen LogP contribution < -0.4 is 21.7 Å². The maximum Gasteiger partial charge on any atom is 0.408 e. The van der Waals surface area contributed by atoms with Crippen LogP contribution in [0.5, 0.6) is 0 Å². The van der Waals surface area contributed by atoms with Crippen LogP contribution in [0.15, 0.2) is 30.3 Å². The van der Waals surface area contributed by atoms with Gasteiger partial charge in [-0.1, -0.05) is 43.2 Å². The molecule has 0 radical (unpaired) electrons. The number of ether oxygens (including phenoxy) is 1. The average molecular weight is 447 g/mol. The van der Waals surface area contributed by atoms with E-state index in [9.17, 15) is 24.3 Å². The first-order valence-corrected chi connectivity index (χ1v) is 10.9. The van der Waals surface area contributed by atoms with E-state index in [0.29, 0.717) is 25.3 Å². The quantitative estimate of drug-likeness (QED) is 0.320. The second-order valence-corrected chi connectivity index (χ2v) is 8.41. The van der Waals surface area contributed by atoms with Crippen LogP contribution in [-0.4, -0.2) is 53.7 Å². The van der Waals surface area contributed by atoms with Crippen molar-refractivity contribution in [1.29, 1.82) is 0 Å². The second kappa shape index (κ2) is 10.9. The zero-order chi connectivity index (χ0) is 23.1. The molecule has 0 bridgehead atoms. The zero-order valence-corrected chi connectivity index (χ0v) is 17.8. The predicted molar refractivity (Wildman–Crippen MR) is 114 cm³/mol. The lowest BCUT2D eigenvalue weighted by Gasteiger charge is -2.27. The van der Waals surface area contributed by atoms with Gasteiger partial charge in [0.15, 0.2) is 6.10 Å². The maximum atomic E-state index is 13.0. The molecule has 4 amide bonds. The lowest BCUT2D eigenvalue weighted by molar-refractivity contribution is -0.132. The fourth-order valence-electron chi connectivity index (χ4n) is 3.75. The van der Waals surface area contributed by atoms with Crippen LogP contribution in [0.1, 0.15) is 37.7 Å². The molecule has 1 aromatic rings. The van der Waals surface area contributed by atoms with Crippen molar-refractivity contribution in [3.63, 3.8) is 0 Å². The minimum atomic E-state index is -1.65. The van der Waals surface area contributed by atoms with Gasteiger partial charge < -0.3 is 31.5 Å². The molecule has 10 heteroatoms. The molecule has 0 spiro atoms. The summed E-state index contributed by atoms with van der Waals surface area (Å²) >= 11 is 0. The van der Waals surface area contributed by atoms with Gasteiger partial charge in [-0.25, -0.2) is 4.79 Å². The molecular weight excluding hydrogens is 416 g/mol. The first-order valence-electron chi connectivity index (χ1n) is 10.9. The molecule has 1 saturated heterocycles. The molecule has 0 aromatic heterocycles. The lowest BCUT2D eigenvalue weighted by atomic mass is 9.94. The van der Waals surface area contributed by atoms with Gasteiger partial charge in [0.2, 0.25) is 17.7 Å². The number of carbonyl (C=O) groups excluding carboxylic acids is 4. The molecule has 10 nitrogen and oxygen atoms in total. The molecule has 6 N–H and O–H groups in total. The van der Waals surface area contributed by atoms with Gasteiger partial charge in [0.05, 0.1) is 6.04 Å². The average Bonchev–Trinajstić information content (AvgIpc) is 3.51. The molecule has 174 valence electrons. The Morgan fingerprint density at radius 2 is 1.84 bits per heavy atom. The number of aliphatic hydroxyl groups excluding tert-OH is 1. The fourth-order valence-corrected chi connectivity index (χ4v) is 3.75. The number of aliphatic hydroxyl groups is 1. The van der Waals surface area contributed by atoms with E-state index in [1.165, 1.54) is 0 Å². The molecule has 1 aliphatic carbocycles. The Labute approximate surface area is 186 Å². The molecule has 1 aromatic carbocycles. The Hall–Kier alpha value is -3.14. The van der Waals surface area contributed by atoms with Gasteiger partial charge in [0, 0.05) is 12.5 Å². The van der Waals surface area contributed by atoms with Crippen LogP contribution in [0.25, 0.3) is 0 Å². The summed E-state index contributed by atoms with van der Waals surface area (Å²) in [6.07, 6.45) is 0.536. The summed E-state index contributed by atoms with van der Waals surface area (Å²) in [6.45, 7) is 0.556. The van der Waals surface area contributed by atoms with Crippen LogP contribution in [0.4, 0.5) is 4.79 Å². The number of nitrogens with two attached hydrogens (primary N) is 1. The number of hydrogen-bond donors (Lipinski definition) is 5. The van der Waals surface area contributed by atoms with Crippen molar-refractivity contribution >= 4 is 23.8 Å². The molecule has 2 unspecified atom stereocenters. The first-order chi connectivity index (χ1) is 15.3. The van der Waals surface area contributed by atoms with E-state index in [-0.39, 0.29) is 18.9 Å². The molecular formula is C22H30N4O6. The van der Waals surface area contributed by atoms with Crippen molar-refractivity contribution in [3.8, 4) is 0 Å². The summed E-state index contributed by atoms with van der Waals surface area (Å²) < 4.78 is 5.22. The predicted octanol–water partition coefficient (Wildman–Crippen LogP) is -0.0613. The van der Waals surface area contributed by atoms with E-state index >= 15 is 0 Å². The summed E-state index contributed by atoms with van der Waals surface area (Å²) in [7, 11) is 0. The second-order valence-electron chi connectivity index (χ2n) is 8.41. The van der Waals surface area contributed by atoms with Gasteiger partial charge in [-0.3, -0.25) is 14.4 Å². The minimum Gasteiger partial charge on any atom is -0.445 e. The lowest BCUT2D eigenvalue weighted by Crippen LogP contribution is -2.55. The van der Waals surface area contributed by atoms with Crippen molar-refractivity contribution in [3.05, 3.63) is 35.9 Å². The van der Waals surface area contributed by atoms with Crippen LogP contribution in [0, 0.1) is 11.8 Å². The Kier molecular flexibility index (Phi) is 8.04. The highest BCUT2D eigenvalue weighted by Crippen LogP contribution is 2.33. The number of carbonyl (C=O) groups is 4. The van der Waals surface area contributed by atoms with Gasteiger partial charge >= 0.3 is 6.09 Å². The van der Waals surface area contributed by atoms with Crippen LogP contribution in [0.2, 0.25) is 0 Å². The number of rotatable bonds is 11. The van der Waals surface area contributed by atoms with Gasteiger partial charge in [0.1, 0.15) is 12.6 Å². The summed E-state index contributed by atoms with van der Waals surface area (Å²) in [4.78, 5) is 48.7. The molecule has 2 fully saturated rings. The number of benzene rings is 1. The highest BCUT2D eigenvalue weighted by molar-refractivity contribution is 5.87. The number of amides is 4. The monoisotopic (exact) mass is 446 g/mol. The third-order valence-electron chi connectivity index (χ3n) is 5.79. The van der Waals surface area contributed by atoms with Crippen molar-refractivity contribution in [2.75, 3.05) is 6.54 Å². The Bertz CT molecular complexity index is 829. The van der Waals surface area contributed by atoms with E-state index < -0.39 is 42.0 Å². The van der Waals surface area contributed by atoms with E-state index in [1.54, 1.807) is 0 Å². The Morgan fingerprint density at radius 3 is 2.44 bits per heavy atom. The standard InChI is InChI=1S/C22H30N4O6/c23-19(28)18(27)16(11-15-8-9-24-20(15)29)25-21(30)17(10-13-6-7-13)26-22(31)32-12-14-4-2-1-3-5-14/h1-5,13,15-18,27H,6-12H2,(H2,23,28)(H,24,29)(H,25,30)(H,26,31)/t15-,16?,17-,18?/m0/s1. The topological polar surface area (TPSA) is 160 Å². The summed E-state index contributed by atoms with van der Waals surface area (Å²) in [5.41, 5.74) is 6.04. The summed E-state index contributed by atoms with van der Waals surface area (Å²) in [5.74, 6) is -1.89. The highest BCUT2D eigenvalue weighted by atomic mass is 16.5. The molecule has 4 atom stereocenters. The van der Waals surface area contributed by atoms with Crippen molar-refractivity contribution in [1.82, 2.24) is 16.0 Å². The van der Waals surface area contributed by atoms with E-state index in [0.717, 1.165) is 18.4 Å². The van der Waals surface area contributed by atoms with Gasteiger partial charge in [-0.2, -0.15) is 0 Å². The van der Waals surface area contributed by atoms with Crippen molar-refractivity contribution in [2.45, 2.75) is 56.9 Å². The molecule has 3 rings (SSSR count). The minimum absolute atomic E-state index is 0.0598. The van der Waals surface area contributed by atoms with Gasteiger partial charge in [0.25, 0.3) is 0 Å². The van der Waals surface area contributed by atoms with Gasteiger partial charge in [-0.05, 0) is 30.7 Å². The summed E-state index contributed by atoms with van der Waals surface area (Å²) in [6, 6.07) is 7.20. The number of hydrogen-bond acceptors (Lipinski definition) is 6. The fraction of sp³-hybridized carbons (Fsp3) is 0.545. The van der Waals surface area contributed by atoms with Crippen LogP contribution in [-0.2, 0) is 25.7 Å². The smallest absolute Gasteiger partial charge is 0.408 e. The van der Waals surface area contributed by atoms with Gasteiger partial charge in [-0.15, -0.1) is 0 Å². The van der Waals surface area contributed by atoms with E-state index in [2.05, 4.69) is 16.0 Å². The van der Waals surface area contributed by atoms with Crippen molar-refractivity contribution in [2.24, 2.45) is 17.6 Å². The zero-order valence-electron chi connectivity index (χ0n) is 17.8. The maximum absolute atomic E-state index is 13.0. The largest absolute Gasteiger partial charge is 0.445 e. The number of primary amides is 1. The molecule has 1 aliphatic heterocycles. The Morgan fingerprint density at radius 1 is 1.12 bits per heavy atom. The SMILES string of the molecule is NC(=O)C(O)C(C[C@@H]1CCNC1=O)NC(=O)[C@H](CC1CC1)NC(=O)OCc1ccccc1.